The quantitative estimate of drug-likeness (QED) is 0.466. The molecule has 2 N–H and O–H groups in total. The Kier molecular flexibility index (Phi) is 8.40. The first kappa shape index (κ1) is 22.9. The van der Waals surface area contributed by atoms with E-state index >= 15 is 0 Å². The van der Waals surface area contributed by atoms with Gasteiger partial charge in [0.05, 0.1) is 18.4 Å². The number of carbonyl (C=O) groups excluding carboxylic acids is 2. The van der Waals surface area contributed by atoms with Crippen molar-refractivity contribution < 1.29 is 27.5 Å². The molecule has 0 heterocycles. The molecule has 2 rings (SSSR count). The van der Waals surface area contributed by atoms with Gasteiger partial charge in [-0.05, 0) is 42.3 Å². The molecule has 0 aliphatic rings. The van der Waals surface area contributed by atoms with Gasteiger partial charge in [0, 0.05) is 18.5 Å². The third kappa shape index (κ3) is 7.94. The highest BCUT2D eigenvalue weighted by atomic mass is 19.4. The van der Waals surface area contributed by atoms with E-state index in [0.717, 1.165) is 24.1 Å². The molecule has 0 aliphatic carbocycles. The van der Waals surface area contributed by atoms with Crippen LogP contribution in [0.25, 0.3) is 0 Å². The summed E-state index contributed by atoms with van der Waals surface area (Å²) in [6.07, 6.45) is -2.53. The van der Waals surface area contributed by atoms with Crippen LogP contribution in [-0.4, -0.2) is 24.6 Å². The van der Waals surface area contributed by atoms with Gasteiger partial charge in [0.2, 0.25) is 11.8 Å². The minimum atomic E-state index is -4.50. The molecule has 0 aliphatic heterocycles. The van der Waals surface area contributed by atoms with Gasteiger partial charge in [0.25, 0.3) is 0 Å². The molecule has 2 amide bonds. The Hall–Kier alpha value is -3.36. The van der Waals surface area contributed by atoms with Crippen LogP contribution in [0.3, 0.4) is 0 Å². The minimum Gasteiger partial charge on any atom is -0.494 e. The number of carbonyl (C=O) groups is 2. The smallest absolute Gasteiger partial charge is 0.416 e. The van der Waals surface area contributed by atoms with E-state index in [1.54, 1.807) is 18.2 Å². The van der Waals surface area contributed by atoms with Crippen molar-refractivity contribution in [3.63, 3.8) is 0 Å². The number of nitrogens with zero attached hydrogens (tertiary/aromatic N) is 1. The molecule has 0 aromatic heterocycles. The summed E-state index contributed by atoms with van der Waals surface area (Å²) in [6, 6.07) is 11.5. The average Bonchev–Trinajstić information content (AvgIpc) is 2.71. The van der Waals surface area contributed by atoms with Crippen LogP contribution in [0.4, 0.5) is 18.9 Å². The second-order valence-electron chi connectivity index (χ2n) is 6.34. The van der Waals surface area contributed by atoms with Gasteiger partial charge in [-0.25, -0.2) is 5.43 Å². The van der Waals surface area contributed by atoms with Gasteiger partial charge < -0.3 is 10.1 Å². The second kappa shape index (κ2) is 11.0. The molecule has 0 saturated carbocycles. The number of hydrogen-bond donors (Lipinski definition) is 2. The lowest BCUT2D eigenvalue weighted by molar-refractivity contribution is -0.137. The molecule has 9 heteroatoms. The molecule has 0 unspecified atom stereocenters. The molecule has 0 spiro atoms. The molecule has 0 radical (unpaired) electrons. The van der Waals surface area contributed by atoms with Gasteiger partial charge in [0.1, 0.15) is 5.75 Å². The van der Waals surface area contributed by atoms with Crippen LogP contribution in [-0.2, 0) is 15.8 Å². The highest BCUT2D eigenvalue weighted by Gasteiger charge is 2.30. The van der Waals surface area contributed by atoms with Crippen LogP contribution < -0.4 is 15.5 Å². The summed E-state index contributed by atoms with van der Waals surface area (Å²) in [7, 11) is 0. The summed E-state index contributed by atoms with van der Waals surface area (Å²) in [5, 5.41) is 6.17. The Balaban J connectivity index is 1.78. The maximum Gasteiger partial charge on any atom is 0.416 e. The van der Waals surface area contributed by atoms with E-state index in [1.165, 1.54) is 18.3 Å². The fourth-order valence-corrected chi connectivity index (χ4v) is 2.36. The third-order valence-electron chi connectivity index (χ3n) is 3.79. The van der Waals surface area contributed by atoms with E-state index in [-0.39, 0.29) is 18.5 Å². The number of anilines is 1. The summed E-state index contributed by atoms with van der Waals surface area (Å²) < 4.78 is 43.6. The number of amides is 2. The van der Waals surface area contributed by atoms with E-state index in [1.807, 2.05) is 13.0 Å². The van der Waals surface area contributed by atoms with Crippen molar-refractivity contribution in [1.82, 2.24) is 5.43 Å². The first-order valence-electron chi connectivity index (χ1n) is 9.30. The Morgan fingerprint density at radius 3 is 2.53 bits per heavy atom. The van der Waals surface area contributed by atoms with Crippen molar-refractivity contribution in [2.45, 2.75) is 32.4 Å². The Morgan fingerprint density at radius 1 is 1.07 bits per heavy atom. The first-order chi connectivity index (χ1) is 14.3. The summed E-state index contributed by atoms with van der Waals surface area (Å²) in [6.45, 7) is 2.60. The molecule has 0 saturated heterocycles. The summed E-state index contributed by atoms with van der Waals surface area (Å²) >= 11 is 0. The van der Waals surface area contributed by atoms with Gasteiger partial charge in [0.15, 0.2) is 0 Å². The standard InChI is InChI=1S/C21H22F3N3O3/c1-2-11-30-18-8-3-5-15(12-18)14-25-27-20(29)10-9-19(28)26-17-7-4-6-16(13-17)21(22,23)24/h3-8,12-14H,2,9-11H2,1H3,(H,26,28)(H,27,29). The molecule has 30 heavy (non-hydrogen) atoms. The first-order valence-corrected chi connectivity index (χ1v) is 9.30. The predicted molar refractivity (Wildman–Crippen MR) is 107 cm³/mol. The molecule has 160 valence electrons. The van der Waals surface area contributed by atoms with Crippen LogP contribution in [0, 0.1) is 0 Å². The number of halogens is 3. The fourth-order valence-electron chi connectivity index (χ4n) is 2.36. The lowest BCUT2D eigenvalue weighted by Crippen LogP contribution is -2.20. The van der Waals surface area contributed by atoms with E-state index in [2.05, 4.69) is 15.8 Å². The van der Waals surface area contributed by atoms with E-state index in [4.69, 9.17) is 4.74 Å². The van der Waals surface area contributed by atoms with Crippen molar-refractivity contribution in [3.8, 4) is 5.75 Å². The summed E-state index contributed by atoms with van der Waals surface area (Å²) in [5.74, 6) is -0.378. The zero-order valence-electron chi connectivity index (χ0n) is 16.3. The van der Waals surface area contributed by atoms with Crippen LogP contribution >= 0.6 is 0 Å². The van der Waals surface area contributed by atoms with Crippen molar-refractivity contribution in [2.24, 2.45) is 5.10 Å². The van der Waals surface area contributed by atoms with Gasteiger partial charge in [-0.3, -0.25) is 9.59 Å². The van der Waals surface area contributed by atoms with Crippen molar-refractivity contribution in [3.05, 3.63) is 59.7 Å². The molecule has 0 fully saturated rings. The SMILES string of the molecule is CCCOc1cccc(C=NNC(=O)CCC(=O)Nc2cccc(C(F)(F)F)c2)c1. The fraction of sp³-hybridized carbons (Fsp3) is 0.286. The summed E-state index contributed by atoms with van der Waals surface area (Å²) in [5.41, 5.74) is 2.18. The maximum atomic E-state index is 12.7. The number of ether oxygens (including phenoxy) is 1. The van der Waals surface area contributed by atoms with E-state index in [9.17, 15) is 22.8 Å². The predicted octanol–water partition coefficient (Wildman–Crippen LogP) is 4.36. The highest BCUT2D eigenvalue weighted by molar-refractivity contribution is 5.93. The second-order valence-corrected chi connectivity index (χ2v) is 6.34. The van der Waals surface area contributed by atoms with E-state index < -0.39 is 23.6 Å². The number of alkyl halides is 3. The molecule has 0 atom stereocenters. The third-order valence-corrected chi connectivity index (χ3v) is 3.79. The molecular formula is C21H22F3N3O3. The van der Waals surface area contributed by atoms with Crippen LogP contribution in [0.1, 0.15) is 37.3 Å². The molecular weight excluding hydrogens is 399 g/mol. The van der Waals surface area contributed by atoms with Gasteiger partial charge >= 0.3 is 6.18 Å². The molecule has 2 aromatic rings. The van der Waals surface area contributed by atoms with Crippen molar-refractivity contribution in [1.29, 1.82) is 0 Å². The van der Waals surface area contributed by atoms with Crippen molar-refractivity contribution in [2.75, 3.05) is 11.9 Å². The van der Waals surface area contributed by atoms with Crippen molar-refractivity contribution >= 4 is 23.7 Å². The topological polar surface area (TPSA) is 79.8 Å². The average molecular weight is 421 g/mol. The van der Waals surface area contributed by atoms with E-state index in [0.29, 0.717) is 12.4 Å². The Morgan fingerprint density at radius 2 is 1.80 bits per heavy atom. The zero-order chi connectivity index (χ0) is 22.0. The van der Waals surface area contributed by atoms with Crippen LogP contribution in [0.15, 0.2) is 53.6 Å². The maximum absolute atomic E-state index is 12.7. The largest absolute Gasteiger partial charge is 0.494 e. The van der Waals surface area contributed by atoms with Gasteiger partial charge in [-0.2, -0.15) is 18.3 Å². The molecule has 2 aromatic carbocycles. The van der Waals surface area contributed by atoms with Crippen LogP contribution in [0.2, 0.25) is 0 Å². The normalized spacial score (nSPS) is 11.3. The minimum absolute atomic E-state index is 0.0124. The number of hydrogen-bond acceptors (Lipinski definition) is 4. The number of rotatable bonds is 9. The Labute approximate surface area is 172 Å². The van der Waals surface area contributed by atoms with Gasteiger partial charge in [-0.15, -0.1) is 0 Å². The highest BCUT2D eigenvalue weighted by Crippen LogP contribution is 2.30. The number of nitrogens with one attached hydrogen (secondary N) is 2. The lowest BCUT2D eigenvalue weighted by atomic mass is 10.2. The number of benzene rings is 2. The lowest BCUT2D eigenvalue weighted by Gasteiger charge is -2.09. The monoisotopic (exact) mass is 421 g/mol. The molecule has 6 nitrogen and oxygen atoms in total. The van der Waals surface area contributed by atoms with Crippen LogP contribution in [0.5, 0.6) is 5.75 Å². The summed E-state index contributed by atoms with van der Waals surface area (Å²) in [4.78, 5) is 23.7. The Bertz CT molecular complexity index is 898. The zero-order valence-corrected chi connectivity index (χ0v) is 16.3. The number of hydrazone groups is 1. The molecule has 0 bridgehead atoms. The van der Waals surface area contributed by atoms with Gasteiger partial charge in [-0.1, -0.05) is 25.1 Å².